The maximum Gasteiger partial charge on any atom is 0.264 e. The molecule has 0 radical (unpaired) electrons. The van der Waals surface area contributed by atoms with E-state index in [9.17, 15) is 4.79 Å². The number of aliphatic imine (C=N–C) groups is 1. The Hall–Kier alpha value is -2.49. The summed E-state index contributed by atoms with van der Waals surface area (Å²) >= 11 is 6.69. The van der Waals surface area contributed by atoms with Gasteiger partial charge in [0.2, 0.25) is 5.95 Å². The number of rotatable bonds is 4. The first-order chi connectivity index (χ1) is 16.4. The van der Waals surface area contributed by atoms with Crippen LogP contribution in [0.5, 0.6) is 0 Å². The highest BCUT2D eigenvalue weighted by atomic mass is 35.5. The molecule has 1 saturated carbocycles. The largest absolute Gasteiger partial charge is 0.376 e. The lowest BCUT2D eigenvalue weighted by Gasteiger charge is -2.41. The fourth-order valence-electron chi connectivity index (χ4n) is 5.49. The molecule has 9 nitrogen and oxygen atoms in total. The lowest BCUT2D eigenvalue weighted by Crippen LogP contribution is -2.51. The zero-order valence-electron chi connectivity index (χ0n) is 19.6. The molecule has 2 saturated heterocycles. The molecular weight excluding hydrogens is 454 g/mol. The number of pyridine rings is 1. The Morgan fingerprint density at radius 2 is 2.06 bits per heavy atom. The molecule has 0 unspecified atom stereocenters. The minimum atomic E-state index is -0.101. The van der Waals surface area contributed by atoms with Gasteiger partial charge in [0, 0.05) is 49.4 Å². The van der Waals surface area contributed by atoms with E-state index in [1.54, 1.807) is 17.8 Å². The summed E-state index contributed by atoms with van der Waals surface area (Å²) in [6.45, 7) is 4.72. The molecule has 180 valence electrons. The van der Waals surface area contributed by atoms with Gasteiger partial charge in [-0.3, -0.25) is 14.4 Å². The molecule has 2 aromatic rings. The zero-order valence-corrected chi connectivity index (χ0v) is 20.3. The van der Waals surface area contributed by atoms with Crippen molar-refractivity contribution in [2.75, 3.05) is 29.9 Å². The minimum Gasteiger partial charge on any atom is -0.376 e. The Balaban J connectivity index is 1.28. The number of hydrogen-bond acceptors (Lipinski definition) is 8. The van der Waals surface area contributed by atoms with Crippen LogP contribution in [0, 0.1) is 5.41 Å². The van der Waals surface area contributed by atoms with Gasteiger partial charge in [0.05, 0.1) is 41.2 Å². The van der Waals surface area contributed by atoms with E-state index >= 15 is 0 Å². The summed E-state index contributed by atoms with van der Waals surface area (Å²) < 4.78 is 7.49. The number of nitrogens with zero attached hydrogens (tertiary/aromatic N) is 5. The number of fused-ring (bicyclic) bond motifs is 1. The highest BCUT2D eigenvalue weighted by molar-refractivity contribution is 6.37. The predicted octanol–water partition coefficient (Wildman–Crippen LogP) is 2.09. The summed E-state index contributed by atoms with van der Waals surface area (Å²) in [7, 11) is 1.78. The zero-order chi connectivity index (χ0) is 23.6. The summed E-state index contributed by atoms with van der Waals surface area (Å²) in [4.78, 5) is 29.7. The fraction of sp³-hybridized carbons (Fsp3) is 0.583. The fourth-order valence-corrected chi connectivity index (χ4v) is 5.75. The highest BCUT2D eigenvalue weighted by Crippen LogP contribution is 2.42. The molecule has 10 heteroatoms. The molecule has 0 amide bonds. The van der Waals surface area contributed by atoms with Crippen LogP contribution in [0.3, 0.4) is 0 Å². The van der Waals surface area contributed by atoms with Gasteiger partial charge in [-0.2, -0.15) is 0 Å². The van der Waals surface area contributed by atoms with Gasteiger partial charge in [-0.1, -0.05) is 11.6 Å². The van der Waals surface area contributed by atoms with E-state index in [0.717, 1.165) is 44.3 Å². The Morgan fingerprint density at radius 3 is 2.74 bits per heavy atom. The van der Waals surface area contributed by atoms with Crippen LogP contribution >= 0.6 is 11.6 Å². The summed E-state index contributed by atoms with van der Waals surface area (Å²) in [5.41, 5.74) is 8.94. The maximum atomic E-state index is 13.5. The van der Waals surface area contributed by atoms with Gasteiger partial charge in [0.1, 0.15) is 5.82 Å². The number of halogens is 1. The summed E-state index contributed by atoms with van der Waals surface area (Å²) in [5.74, 6) is 1.33. The molecule has 5 heterocycles. The molecule has 6 rings (SSSR count). The number of piperidine rings is 1. The second-order valence-electron chi connectivity index (χ2n) is 10.1. The van der Waals surface area contributed by atoms with E-state index in [4.69, 9.17) is 27.1 Å². The van der Waals surface area contributed by atoms with Crippen LogP contribution in [0.25, 0.3) is 0 Å². The normalized spacial score (nSPS) is 25.5. The molecule has 1 aliphatic carbocycles. The van der Waals surface area contributed by atoms with Crippen molar-refractivity contribution in [3.63, 3.8) is 0 Å². The summed E-state index contributed by atoms with van der Waals surface area (Å²) in [5, 5.41) is 3.85. The molecule has 0 aromatic carbocycles. The number of hydrogen-bond donors (Lipinski definition) is 2. The third-order valence-electron chi connectivity index (χ3n) is 7.92. The lowest BCUT2D eigenvalue weighted by atomic mass is 9.73. The first-order valence-electron chi connectivity index (χ1n) is 12.1. The van der Waals surface area contributed by atoms with Crippen LogP contribution in [0.2, 0.25) is 5.02 Å². The number of ether oxygens (including phenoxy) is 1. The van der Waals surface area contributed by atoms with E-state index in [1.165, 1.54) is 0 Å². The van der Waals surface area contributed by atoms with Gasteiger partial charge < -0.3 is 20.7 Å². The molecule has 4 aliphatic rings. The van der Waals surface area contributed by atoms with E-state index in [-0.39, 0.29) is 23.1 Å². The molecular formula is C24H30ClN7O2. The van der Waals surface area contributed by atoms with E-state index in [1.807, 2.05) is 6.07 Å². The van der Waals surface area contributed by atoms with Crippen LogP contribution in [-0.2, 0) is 18.3 Å². The molecule has 3 aliphatic heterocycles. The van der Waals surface area contributed by atoms with Crippen molar-refractivity contribution in [2.24, 2.45) is 23.2 Å². The van der Waals surface area contributed by atoms with Gasteiger partial charge in [0.25, 0.3) is 5.56 Å². The van der Waals surface area contributed by atoms with Gasteiger partial charge in [0.15, 0.2) is 0 Å². The average Bonchev–Trinajstić information content (AvgIpc) is 3.50. The summed E-state index contributed by atoms with van der Waals surface area (Å²) in [6.07, 6.45) is 5.89. The van der Waals surface area contributed by atoms with Crippen molar-refractivity contribution in [3.8, 4) is 0 Å². The van der Waals surface area contributed by atoms with Crippen molar-refractivity contribution in [1.82, 2.24) is 14.5 Å². The van der Waals surface area contributed by atoms with Crippen LogP contribution < -0.4 is 21.5 Å². The van der Waals surface area contributed by atoms with Crippen molar-refractivity contribution in [1.29, 1.82) is 0 Å². The molecule has 0 bridgehead atoms. The third-order valence-corrected chi connectivity index (χ3v) is 8.30. The molecule has 2 aromatic heterocycles. The Bertz CT molecular complexity index is 1230. The number of nitrogens with two attached hydrogens (primary N) is 1. The van der Waals surface area contributed by atoms with Crippen molar-refractivity contribution in [2.45, 2.75) is 57.3 Å². The lowest BCUT2D eigenvalue weighted by molar-refractivity contribution is 0.0973. The van der Waals surface area contributed by atoms with Crippen LogP contribution in [-0.4, -0.2) is 58.1 Å². The van der Waals surface area contributed by atoms with Gasteiger partial charge in [-0.15, -0.1) is 0 Å². The van der Waals surface area contributed by atoms with Gasteiger partial charge in [-0.05, 0) is 38.7 Å². The van der Waals surface area contributed by atoms with Crippen molar-refractivity contribution in [3.05, 3.63) is 44.5 Å². The molecule has 2 atom stereocenters. The predicted molar refractivity (Wildman–Crippen MR) is 132 cm³/mol. The number of nitrogens with one attached hydrogen (secondary N) is 1. The highest BCUT2D eigenvalue weighted by Gasteiger charge is 2.48. The van der Waals surface area contributed by atoms with Crippen molar-refractivity contribution < 1.29 is 4.74 Å². The van der Waals surface area contributed by atoms with Gasteiger partial charge >= 0.3 is 0 Å². The second kappa shape index (κ2) is 8.03. The van der Waals surface area contributed by atoms with Crippen LogP contribution in [0.15, 0.2) is 22.1 Å². The molecule has 34 heavy (non-hydrogen) atoms. The monoisotopic (exact) mass is 483 g/mol. The Kier molecular flexibility index (Phi) is 5.20. The number of aromatic nitrogens is 3. The van der Waals surface area contributed by atoms with Crippen molar-refractivity contribution >= 4 is 29.1 Å². The minimum absolute atomic E-state index is 0.0199. The molecule has 3 N–H and O–H groups in total. The SMILES string of the molecule is C[C@@H]1OCC2(CCN(c3nc4c(c(=O)n3C)C(c3ccnc(NC5CC5)c3Cl)=NC4)CC2)[C@@H]1N. The first-order valence-corrected chi connectivity index (χ1v) is 12.4. The van der Waals surface area contributed by atoms with Gasteiger partial charge in [-0.25, -0.2) is 9.97 Å². The van der Waals surface area contributed by atoms with E-state index < -0.39 is 0 Å². The third kappa shape index (κ3) is 3.44. The quantitative estimate of drug-likeness (QED) is 0.684. The molecule has 1 spiro atoms. The number of anilines is 2. The Morgan fingerprint density at radius 1 is 1.29 bits per heavy atom. The first kappa shape index (κ1) is 22.0. The van der Waals surface area contributed by atoms with E-state index in [2.05, 4.69) is 27.1 Å². The van der Waals surface area contributed by atoms with Crippen LogP contribution in [0.4, 0.5) is 11.8 Å². The maximum absolute atomic E-state index is 13.5. The smallest absolute Gasteiger partial charge is 0.264 e. The summed E-state index contributed by atoms with van der Waals surface area (Å²) in [6, 6.07) is 2.29. The van der Waals surface area contributed by atoms with Crippen LogP contribution in [0.1, 0.15) is 49.4 Å². The Labute approximate surface area is 203 Å². The standard InChI is InChI=1S/C24H30ClN7O2/c1-13-20(26)24(12-34-13)6-9-32(10-7-24)23-30-16-11-28-19(17(16)22(33)31(23)2)15-5-8-27-21(18(15)25)29-14-3-4-14/h5,8,13-14,20H,3-4,6-7,9-12,26H2,1-2H3,(H,27,29)/t13-,20+/m0/s1. The van der Waals surface area contributed by atoms with E-state index in [0.29, 0.717) is 53.0 Å². The topological polar surface area (TPSA) is 111 Å². The molecule has 3 fully saturated rings. The average molecular weight is 484 g/mol. The second-order valence-corrected chi connectivity index (χ2v) is 10.5.